The third-order valence-electron chi connectivity index (χ3n) is 2.17. The normalized spacial score (nSPS) is 9.71. The Morgan fingerprint density at radius 2 is 2.12 bits per heavy atom. The molecule has 1 aromatic heterocycles. The van der Waals surface area contributed by atoms with Gasteiger partial charge < -0.3 is 4.74 Å². The fourth-order valence-electron chi connectivity index (χ4n) is 1.38. The number of pyridine rings is 1. The lowest BCUT2D eigenvalue weighted by Gasteiger charge is -2.07. The van der Waals surface area contributed by atoms with Crippen molar-refractivity contribution in [3.05, 3.63) is 52.8 Å². The van der Waals surface area contributed by atoms with E-state index in [4.69, 9.17) is 21.6 Å². The maximum Gasteiger partial charge on any atom is 0.147 e. The molecule has 84 valence electrons. The van der Waals surface area contributed by atoms with E-state index in [9.17, 15) is 0 Å². The van der Waals surface area contributed by atoms with Gasteiger partial charge in [-0.1, -0.05) is 17.7 Å². The molecule has 1 heterocycles. The lowest BCUT2D eigenvalue weighted by Crippen LogP contribution is -1.90. The molecule has 0 unspecified atom stereocenters. The van der Waals surface area contributed by atoms with Gasteiger partial charge in [-0.3, -0.25) is 4.98 Å². The molecule has 0 aliphatic heterocycles. The summed E-state index contributed by atoms with van der Waals surface area (Å²) >= 11 is 5.81. The highest BCUT2D eigenvalue weighted by molar-refractivity contribution is 6.30. The minimum atomic E-state index is 0.482. The SMILES string of the molecule is Cc1ccc(C#N)c(Oc2cncc(Cl)c2)c1. The van der Waals surface area contributed by atoms with Gasteiger partial charge in [0.1, 0.15) is 17.6 Å². The zero-order chi connectivity index (χ0) is 12.3. The molecule has 1 aromatic carbocycles. The van der Waals surface area contributed by atoms with Gasteiger partial charge in [-0.25, -0.2) is 0 Å². The van der Waals surface area contributed by atoms with Crippen LogP contribution < -0.4 is 4.74 Å². The lowest BCUT2D eigenvalue weighted by atomic mass is 10.1. The molecule has 17 heavy (non-hydrogen) atoms. The molecule has 3 nitrogen and oxygen atoms in total. The number of aromatic nitrogens is 1. The summed E-state index contributed by atoms with van der Waals surface area (Å²) in [5.74, 6) is 1.02. The zero-order valence-electron chi connectivity index (χ0n) is 9.14. The third kappa shape index (κ3) is 2.74. The molecule has 2 aromatic rings. The number of rotatable bonds is 2. The second kappa shape index (κ2) is 4.86. The molecule has 0 aliphatic rings. The molecule has 0 fully saturated rings. The van der Waals surface area contributed by atoms with Gasteiger partial charge in [-0.2, -0.15) is 5.26 Å². The number of ether oxygens (including phenoxy) is 1. The van der Waals surface area contributed by atoms with E-state index >= 15 is 0 Å². The van der Waals surface area contributed by atoms with Crippen molar-refractivity contribution in [3.63, 3.8) is 0 Å². The van der Waals surface area contributed by atoms with Crippen molar-refractivity contribution < 1.29 is 4.74 Å². The van der Waals surface area contributed by atoms with Gasteiger partial charge in [0.15, 0.2) is 0 Å². The van der Waals surface area contributed by atoms with E-state index in [0.29, 0.717) is 22.1 Å². The number of benzene rings is 1. The number of nitriles is 1. The smallest absolute Gasteiger partial charge is 0.147 e. The number of aryl methyl sites for hydroxylation is 1. The van der Waals surface area contributed by atoms with Crippen molar-refractivity contribution >= 4 is 11.6 Å². The molecular formula is C13H9ClN2O. The fraction of sp³-hybridized carbons (Fsp3) is 0.0769. The van der Waals surface area contributed by atoms with Crippen molar-refractivity contribution in [1.82, 2.24) is 4.98 Å². The standard InChI is InChI=1S/C13H9ClN2O/c1-9-2-3-10(6-15)13(4-9)17-12-5-11(14)7-16-8-12/h2-5,7-8H,1H3. The second-order valence-corrected chi connectivity index (χ2v) is 3.99. The number of hydrogen-bond donors (Lipinski definition) is 0. The first kappa shape index (κ1) is 11.4. The highest BCUT2D eigenvalue weighted by Gasteiger charge is 2.05. The van der Waals surface area contributed by atoms with Crippen LogP contribution in [0.5, 0.6) is 11.5 Å². The molecule has 0 N–H and O–H groups in total. The summed E-state index contributed by atoms with van der Waals surface area (Å²) in [5, 5.41) is 9.46. The van der Waals surface area contributed by atoms with Gasteiger partial charge in [-0.15, -0.1) is 0 Å². The Balaban J connectivity index is 2.36. The molecule has 0 aliphatic carbocycles. The predicted octanol–water partition coefficient (Wildman–Crippen LogP) is 3.71. The molecule has 0 amide bonds. The van der Waals surface area contributed by atoms with Crippen LogP contribution in [0.2, 0.25) is 5.02 Å². The Bertz CT molecular complexity index is 590. The third-order valence-corrected chi connectivity index (χ3v) is 2.37. The molecule has 2 rings (SSSR count). The summed E-state index contributed by atoms with van der Waals surface area (Å²) in [5.41, 5.74) is 1.50. The molecule has 0 atom stereocenters. The summed E-state index contributed by atoms with van der Waals surface area (Å²) in [7, 11) is 0. The number of halogens is 1. The molecule has 0 bridgehead atoms. The van der Waals surface area contributed by atoms with Crippen LogP contribution in [0.15, 0.2) is 36.7 Å². The Morgan fingerprint density at radius 1 is 1.29 bits per heavy atom. The molecule has 0 saturated carbocycles. The summed E-state index contributed by atoms with van der Waals surface area (Å²) in [6.07, 6.45) is 3.07. The molecule has 0 radical (unpaired) electrons. The van der Waals surface area contributed by atoms with Gasteiger partial charge >= 0.3 is 0 Å². The Labute approximate surface area is 104 Å². The van der Waals surface area contributed by atoms with Crippen LogP contribution in [0.3, 0.4) is 0 Å². The van der Waals surface area contributed by atoms with E-state index < -0.39 is 0 Å². The van der Waals surface area contributed by atoms with Gasteiger partial charge in [0, 0.05) is 12.3 Å². The average Bonchev–Trinajstić information content (AvgIpc) is 2.29. The van der Waals surface area contributed by atoms with E-state index in [2.05, 4.69) is 11.1 Å². The first-order valence-electron chi connectivity index (χ1n) is 4.98. The lowest BCUT2D eigenvalue weighted by molar-refractivity contribution is 0.478. The Hall–Kier alpha value is -2.05. The topological polar surface area (TPSA) is 45.9 Å². The molecule has 4 heteroatoms. The van der Waals surface area contributed by atoms with E-state index in [1.54, 1.807) is 24.4 Å². The summed E-state index contributed by atoms with van der Waals surface area (Å²) in [6, 6.07) is 9.12. The van der Waals surface area contributed by atoms with Crippen molar-refractivity contribution in [3.8, 4) is 17.6 Å². The average molecular weight is 245 g/mol. The van der Waals surface area contributed by atoms with Gasteiger partial charge in [-0.05, 0) is 24.6 Å². The van der Waals surface area contributed by atoms with Crippen LogP contribution in [0, 0.1) is 18.3 Å². The first-order valence-corrected chi connectivity index (χ1v) is 5.36. The summed E-state index contributed by atoms with van der Waals surface area (Å²) in [6.45, 7) is 1.93. The van der Waals surface area contributed by atoms with Gasteiger partial charge in [0.2, 0.25) is 0 Å². The Morgan fingerprint density at radius 3 is 2.82 bits per heavy atom. The summed E-state index contributed by atoms with van der Waals surface area (Å²) in [4.78, 5) is 3.92. The number of hydrogen-bond acceptors (Lipinski definition) is 3. The van der Waals surface area contributed by atoms with Crippen LogP contribution in [-0.4, -0.2) is 4.98 Å². The second-order valence-electron chi connectivity index (χ2n) is 3.55. The number of nitrogens with zero attached hydrogens (tertiary/aromatic N) is 2. The van der Waals surface area contributed by atoms with Crippen LogP contribution in [0.4, 0.5) is 0 Å². The van der Waals surface area contributed by atoms with E-state index in [1.165, 1.54) is 6.20 Å². The predicted molar refractivity (Wildman–Crippen MR) is 65.2 cm³/mol. The van der Waals surface area contributed by atoms with E-state index in [-0.39, 0.29) is 0 Å². The van der Waals surface area contributed by atoms with E-state index in [0.717, 1.165) is 5.56 Å². The van der Waals surface area contributed by atoms with Gasteiger partial charge in [0.25, 0.3) is 0 Å². The quantitative estimate of drug-likeness (QED) is 0.809. The van der Waals surface area contributed by atoms with Crippen molar-refractivity contribution in [2.75, 3.05) is 0 Å². The van der Waals surface area contributed by atoms with Crippen molar-refractivity contribution in [1.29, 1.82) is 5.26 Å². The zero-order valence-corrected chi connectivity index (χ0v) is 9.90. The monoisotopic (exact) mass is 244 g/mol. The van der Waals surface area contributed by atoms with Crippen LogP contribution in [0.1, 0.15) is 11.1 Å². The first-order chi connectivity index (χ1) is 8.19. The minimum absolute atomic E-state index is 0.482. The maximum absolute atomic E-state index is 8.97. The van der Waals surface area contributed by atoms with Crippen LogP contribution in [0.25, 0.3) is 0 Å². The molecule has 0 spiro atoms. The van der Waals surface area contributed by atoms with Crippen LogP contribution >= 0.6 is 11.6 Å². The van der Waals surface area contributed by atoms with Crippen molar-refractivity contribution in [2.45, 2.75) is 6.92 Å². The highest BCUT2D eigenvalue weighted by Crippen LogP contribution is 2.26. The minimum Gasteiger partial charge on any atom is -0.454 e. The van der Waals surface area contributed by atoms with Crippen LogP contribution in [-0.2, 0) is 0 Å². The molecule has 0 saturated heterocycles. The molecular weight excluding hydrogens is 236 g/mol. The van der Waals surface area contributed by atoms with Crippen molar-refractivity contribution in [2.24, 2.45) is 0 Å². The van der Waals surface area contributed by atoms with E-state index in [1.807, 2.05) is 13.0 Å². The largest absolute Gasteiger partial charge is 0.454 e. The maximum atomic E-state index is 8.97. The van der Waals surface area contributed by atoms with Gasteiger partial charge in [0.05, 0.1) is 16.8 Å². The summed E-state index contributed by atoms with van der Waals surface area (Å²) < 4.78 is 5.59. The Kier molecular flexibility index (Phi) is 3.27. The fourth-order valence-corrected chi connectivity index (χ4v) is 1.55. The highest BCUT2D eigenvalue weighted by atomic mass is 35.5.